The second-order valence-electron chi connectivity index (χ2n) is 12.5. The topological polar surface area (TPSA) is 202 Å². The summed E-state index contributed by atoms with van der Waals surface area (Å²) >= 11 is 0. The molecule has 0 bridgehead atoms. The fourth-order valence-corrected chi connectivity index (χ4v) is 7.43. The van der Waals surface area contributed by atoms with Gasteiger partial charge in [0.2, 0.25) is 11.6 Å². The van der Waals surface area contributed by atoms with E-state index in [9.17, 15) is 50.1 Å². The van der Waals surface area contributed by atoms with E-state index in [-0.39, 0.29) is 66.9 Å². The van der Waals surface area contributed by atoms with E-state index in [1.54, 1.807) is 19.9 Å². The zero-order chi connectivity index (χ0) is 33.8. The molecule has 11 nitrogen and oxygen atoms in total. The van der Waals surface area contributed by atoms with Crippen LogP contribution < -0.4 is 0 Å². The maximum Gasteiger partial charge on any atom is 0.201 e. The van der Waals surface area contributed by atoms with Crippen LogP contribution in [0.1, 0.15) is 82.9 Å². The lowest BCUT2D eigenvalue weighted by Crippen LogP contribution is -2.58. The Bertz CT molecular complexity index is 2080. The molecule has 7 rings (SSSR count). The average molecular weight is 639 g/mol. The van der Waals surface area contributed by atoms with E-state index in [4.69, 9.17) is 4.74 Å². The Balaban J connectivity index is 1.49. The third-order valence-corrected chi connectivity index (χ3v) is 9.59. The van der Waals surface area contributed by atoms with Crippen molar-refractivity contribution in [3.63, 3.8) is 0 Å². The molecule has 2 aliphatic carbocycles. The Kier molecular flexibility index (Phi) is 6.81. The number of aliphatic hydroxyl groups excluding tert-OH is 3. The van der Waals surface area contributed by atoms with Crippen molar-refractivity contribution in [2.45, 2.75) is 57.2 Å². The smallest absolute Gasteiger partial charge is 0.201 e. The molecule has 47 heavy (non-hydrogen) atoms. The Morgan fingerprint density at radius 2 is 1.28 bits per heavy atom. The van der Waals surface area contributed by atoms with Gasteiger partial charge in [-0.05, 0) is 61.2 Å². The van der Waals surface area contributed by atoms with Crippen molar-refractivity contribution < 1.29 is 54.9 Å². The molecule has 1 heterocycles. The minimum absolute atomic E-state index is 0.0293. The van der Waals surface area contributed by atoms with Crippen molar-refractivity contribution in [1.82, 2.24) is 0 Å². The van der Waals surface area contributed by atoms with Crippen LogP contribution >= 0.6 is 0 Å². The van der Waals surface area contributed by atoms with Gasteiger partial charge in [-0.25, -0.2) is 0 Å². The van der Waals surface area contributed by atoms with Crippen molar-refractivity contribution in [2.75, 3.05) is 0 Å². The van der Waals surface area contributed by atoms with Gasteiger partial charge in [-0.1, -0.05) is 30.3 Å². The fourth-order valence-electron chi connectivity index (χ4n) is 7.43. The van der Waals surface area contributed by atoms with Crippen LogP contribution in [0.15, 0.2) is 48.5 Å². The molecule has 6 atom stereocenters. The van der Waals surface area contributed by atoms with Crippen molar-refractivity contribution >= 4 is 17.3 Å². The fraction of sp³-hybridized carbons (Fsp3) is 0.250. The number of benzene rings is 4. The van der Waals surface area contributed by atoms with Crippen LogP contribution in [0, 0.1) is 13.8 Å². The van der Waals surface area contributed by atoms with Gasteiger partial charge >= 0.3 is 0 Å². The molecule has 1 fully saturated rings. The van der Waals surface area contributed by atoms with Crippen LogP contribution in [0.5, 0.6) is 23.0 Å². The number of aryl methyl sites for hydroxylation is 2. The third kappa shape index (κ3) is 4.17. The number of carbonyl (C=O) groups excluding carboxylic acids is 3. The van der Waals surface area contributed by atoms with E-state index < -0.39 is 71.0 Å². The molecule has 0 spiro atoms. The van der Waals surface area contributed by atoms with E-state index in [2.05, 4.69) is 0 Å². The Morgan fingerprint density at radius 1 is 0.596 bits per heavy atom. The standard InChI is InChI=1S/C36H30O11/c1-12-9-18-23(36-35(46)34(45)29(40)14(3)47-36)15-7-8-17(30(41)26(15)32(43)25(18)20(38)10-12)22-13(2)11-21(39)27-28(22)31(42)16-5-4-6-19(37)24(16)33(27)44/h4-11,14,23,29,34-41,45-46H,1-3H3/t14-,23+,29+,34-,35-,36+/m1/s1. The number of ether oxygens (including phenoxy) is 1. The number of hydrogen-bond acceptors (Lipinski definition) is 11. The second kappa shape index (κ2) is 10.5. The number of carbonyl (C=O) groups is 3. The van der Waals surface area contributed by atoms with Gasteiger partial charge in [-0.2, -0.15) is 0 Å². The molecule has 7 N–H and O–H groups in total. The van der Waals surface area contributed by atoms with E-state index >= 15 is 0 Å². The minimum atomic E-state index is -1.63. The average Bonchev–Trinajstić information content (AvgIpc) is 3.01. The molecular formula is C36H30O11. The largest absolute Gasteiger partial charge is 0.507 e. The lowest BCUT2D eigenvalue weighted by Gasteiger charge is -2.44. The number of phenols is 4. The highest BCUT2D eigenvalue weighted by atomic mass is 16.5. The van der Waals surface area contributed by atoms with Crippen molar-refractivity contribution in [3.05, 3.63) is 104 Å². The molecule has 0 radical (unpaired) electrons. The van der Waals surface area contributed by atoms with Gasteiger partial charge < -0.3 is 40.5 Å². The first-order valence-corrected chi connectivity index (χ1v) is 15.0. The zero-order valence-electron chi connectivity index (χ0n) is 25.3. The Morgan fingerprint density at radius 3 is 2.00 bits per heavy atom. The number of aromatic hydroxyl groups is 4. The summed E-state index contributed by atoms with van der Waals surface area (Å²) in [6.07, 6.45) is -6.78. The molecule has 1 aliphatic heterocycles. The van der Waals surface area contributed by atoms with E-state index in [1.165, 1.54) is 49.4 Å². The lowest BCUT2D eigenvalue weighted by atomic mass is 9.70. The molecular weight excluding hydrogens is 608 g/mol. The number of phenolic OH excluding ortho intramolecular Hbond substituents is 4. The predicted octanol–water partition coefficient (Wildman–Crippen LogP) is 3.11. The van der Waals surface area contributed by atoms with Crippen LogP contribution in [0.4, 0.5) is 0 Å². The highest BCUT2D eigenvalue weighted by Gasteiger charge is 2.50. The SMILES string of the molecule is Cc1cc(O)c2c(c1)[C@@H]([C@@H]1O[C@H](C)[C@H](O)[C@@H](O)[C@H]1O)c1ccc(-c3c(C)cc(O)c4c3C(=O)c3cccc(O)c3C4=O)c(O)c1C2=O. The first kappa shape index (κ1) is 30.6. The van der Waals surface area contributed by atoms with Crippen LogP contribution in [0.3, 0.4) is 0 Å². The third-order valence-electron chi connectivity index (χ3n) is 9.59. The van der Waals surface area contributed by atoms with Crippen LogP contribution in [-0.2, 0) is 4.74 Å². The summed E-state index contributed by atoms with van der Waals surface area (Å²) in [7, 11) is 0. The molecule has 0 saturated carbocycles. The molecule has 1 saturated heterocycles. The van der Waals surface area contributed by atoms with Gasteiger partial charge in [0.25, 0.3) is 0 Å². The summed E-state index contributed by atoms with van der Waals surface area (Å²) in [5.74, 6) is -5.20. The van der Waals surface area contributed by atoms with Gasteiger partial charge in [0.15, 0.2) is 5.78 Å². The lowest BCUT2D eigenvalue weighted by molar-refractivity contribution is -0.220. The summed E-state index contributed by atoms with van der Waals surface area (Å²) in [6.45, 7) is 4.77. The monoisotopic (exact) mass is 638 g/mol. The van der Waals surface area contributed by atoms with Gasteiger partial charge in [0.1, 0.15) is 41.3 Å². The molecule has 0 amide bonds. The van der Waals surface area contributed by atoms with Crippen LogP contribution in [0.25, 0.3) is 11.1 Å². The molecule has 0 unspecified atom stereocenters. The Labute approximate surface area is 267 Å². The number of ketones is 3. The first-order chi connectivity index (χ1) is 22.2. The number of rotatable bonds is 2. The maximum atomic E-state index is 14.2. The number of hydrogen-bond donors (Lipinski definition) is 7. The summed E-state index contributed by atoms with van der Waals surface area (Å²) in [5.41, 5.74) is -0.0114. The van der Waals surface area contributed by atoms with Gasteiger partial charge in [-0.3, -0.25) is 14.4 Å². The van der Waals surface area contributed by atoms with E-state index in [0.717, 1.165) is 0 Å². The number of fused-ring (bicyclic) bond motifs is 4. The summed E-state index contributed by atoms with van der Waals surface area (Å²) in [5, 5.41) is 76.4. The molecule has 0 aromatic heterocycles. The van der Waals surface area contributed by atoms with Crippen LogP contribution in [-0.4, -0.2) is 83.6 Å². The highest BCUT2D eigenvalue weighted by molar-refractivity contribution is 6.32. The number of aliphatic hydroxyl groups is 3. The first-order valence-electron chi connectivity index (χ1n) is 15.0. The quantitative estimate of drug-likeness (QED) is 0.150. The molecule has 4 aromatic carbocycles. The molecule has 4 aromatic rings. The van der Waals surface area contributed by atoms with Crippen molar-refractivity contribution in [2.24, 2.45) is 0 Å². The maximum absolute atomic E-state index is 14.2. The summed E-state index contributed by atoms with van der Waals surface area (Å²) in [4.78, 5) is 41.7. The zero-order valence-corrected chi connectivity index (χ0v) is 25.3. The van der Waals surface area contributed by atoms with Crippen LogP contribution in [0.2, 0.25) is 0 Å². The Hall–Kier alpha value is -5.07. The summed E-state index contributed by atoms with van der Waals surface area (Å²) in [6, 6.07) is 11.2. The predicted molar refractivity (Wildman–Crippen MR) is 165 cm³/mol. The molecule has 11 heteroatoms. The van der Waals surface area contributed by atoms with Crippen molar-refractivity contribution in [1.29, 1.82) is 0 Å². The second-order valence-corrected chi connectivity index (χ2v) is 12.5. The van der Waals surface area contributed by atoms with E-state index in [0.29, 0.717) is 5.56 Å². The molecule has 240 valence electrons. The molecule has 3 aliphatic rings. The normalized spacial score (nSPS) is 24.8. The van der Waals surface area contributed by atoms with Gasteiger partial charge in [0, 0.05) is 28.2 Å². The van der Waals surface area contributed by atoms with Gasteiger partial charge in [0.05, 0.1) is 34.5 Å². The highest BCUT2D eigenvalue weighted by Crippen LogP contribution is 2.51. The minimum Gasteiger partial charge on any atom is -0.507 e. The van der Waals surface area contributed by atoms with Gasteiger partial charge in [-0.15, -0.1) is 0 Å². The van der Waals surface area contributed by atoms with E-state index in [1.807, 2.05) is 0 Å². The van der Waals surface area contributed by atoms with Crippen molar-refractivity contribution in [3.8, 4) is 34.1 Å². The summed E-state index contributed by atoms with van der Waals surface area (Å²) < 4.78 is 6.01.